The number of benzene rings is 1. The zero-order chi connectivity index (χ0) is 17.0. The summed E-state index contributed by atoms with van der Waals surface area (Å²) >= 11 is 1.36. The number of aliphatic hydroxyl groups excluding tert-OH is 1. The molecule has 124 valence electrons. The van der Waals surface area contributed by atoms with E-state index in [1.165, 1.54) is 11.3 Å². The summed E-state index contributed by atoms with van der Waals surface area (Å²) in [6, 6.07) is 7.24. The number of nitrogens with one attached hydrogen (secondary N) is 1. The average molecular weight is 334 g/mol. The quantitative estimate of drug-likeness (QED) is 0.852. The first-order chi connectivity index (χ1) is 10.9. The van der Waals surface area contributed by atoms with Crippen LogP contribution in [0.1, 0.15) is 45.9 Å². The lowest BCUT2D eigenvalue weighted by Gasteiger charge is -2.14. The van der Waals surface area contributed by atoms with Gasteiger partial charge in [0.15, 0.2) is 0 Å². The molecule has 2 rings (SSSR count). The number of rotatable bonds is 6. The first kappa shape index (κ1) is 17.4. The molecular weight excluding hydrogens is 312 g/mol. The Bertz CT molecular complexity index is 665. The molecule has 0 aliphatic heterocycles. The minimum atomic E-state index is -0.763. The summed E-state index contributed by atoms with van der Waals surface area (Å²) in [5, 5.41) is 13.8. The van der Waals surface area contributed by atoms with Crippen molar-refractivity contribution in [3.8, 4) is 5.75 Å². The molecule has 0 bridgehead atoms. The topological polar surface area (TPSA) is 71.5 Å². The van der Waals surface area contributed by atoms with E-state index < -0.39 is 6.10 Å². The third-order valence-electron chi connectivity index (χ3n) is 3.20. The third-order valence-corrected chi connectivity index (χ3v) is 4.27. The second-order valence-corrected chi connectivity index (χ2v) is 6.81. The van der Waals surface area contributed by atoms with Gasteiger partial charge in [-0.3, -0.25) is 4.79 Å². The number of aliphatic hydroxyl groups is 1. The van der Waals surface area contributed by atoms with Crippen LogP contribution in [0, 0.1) is 13.8 Å². The number of amides is 1. The van der Waals surface area contributed by atoms with Crippen LogP contribution in [0.15, 0.2) is 24.3 Å². The van der Waals surface area contributed by atoms with E-state index in [2.05, 4.69) is 10.3 Å². The van der Waals surface area contributed by atoms with Crippen molar-refractivity contribution in [2.75, 3.05) is 6.54 Å². The molecule has 1 heterocycles. The van der Waals surface area contributed by atoms with Gasteiger partial charge in [0, 0.05) is 6.54 Å². The van der Waals surface area contributed by atoms with E-state index in [0.29, 0.717) is 4.88 Å². The second-order valence-electron chi connectivity index (χ2n) is 5.61. The molecule has 2 N–H and O–H groups in total. The molecule has 0 saturated carbocycles. The Morgan fingerprint density at radius 1 is 1.30 bits per heavy atom. The molecule has 0 aliphatic rings. The summed E-state index contributed by atoms with van der Waals surface area (Å²) in [5.41, 5.74) is 1.45. The molecule has 1 aromatic heterocycles. The van der Waals surface area contributed by atoms with Crippen molar-refractivity contribution >= 4 is 17.2 Å². The number of carbonyl (C=O) groups excluding carboxylic acids is 1. The van der Waals surface area contributed by atoms with Crippen LogP contribution in [0.3, 0.4) is 0 Å². The molecule has 0 aliphatic carbocycles. The Balaban J connectivity index is 1.92. The Labute approximate surface area is 140 Å². The largest absolute Gasteiger partial charge is 0.491 e. The van der Waals surface area contributed by atoms with Crippen molar-refractivity contribution in [2.24, 2.45) is 0 Å². The van der Waals surface area contributed by atoms with Gasteiger partial charge >= 0.3 is 0 Å². The molecule has 5 nitrogen and oxygen atoms in total. The van der Waals surface area contributed by atoms with Crippen LogP contribution in [0.4, 0.5) is 0 Å². The third kappa shape index (κ3) is 4.77. The van der Waals surface area contributed by atoms with Gasteiger partial charge in [0.05, 0.1) is 22.9 Å². The van der Waals surface area contributed by atoms with Gasteiger partial charge in [-0.2, -0.15) is 0 Å². The molecule has 2 aromatic rings. The minimum absolute atomic E-state index is 0.108. The smallest absolute Gasteiger partial charge is 0.263 e. The molecular formula is C17H22N2O3S. The van der Waals surface area contributed by atoms with Gasteiger partial charge in [0.25, 0.3) is 5.91 Å². The SMILES string of the molecule is Cc1nc(C)c(C(=O)NCC(O)c2ccc(OC(C)C)cc2)s1. The van der Waals surface area contributed by atoms with Crippen LogP contribution in [0.2, 0.25) is 0 Å². The van der Waals surface area contributed by atoms with E-state index >= 15 is 0 Å². The van der Waals surface area contributed by atoms with E-state index in [0.717, 1.165) is 22.0 Å². The van der Waals surface area contributed by atoms with E-state index in [4.69, 9.17) is 4.74 Å². The van der Waals surface area contributed by atoms with Crippen LogP contribution in [-0.4, -0.2) is 28.6 Å². The predicted octanol–water partition coefficient (Wildman–Crippen LogP) is 3.01. The lowest BCUT2D eigenvalue weighted by molar-refractivity contribution is 0.0919. The molecule has 1 unspecified atom stereocenters. The minimum Gasteiger partial charge on any atom is -0.491 e. The van der Waals surface area contributed by atoms with Crippen LogP contribution >= 0.6 is 11.3 Å². The van der Waals surface area contributed by atoms with Crippen LogP contribution in [0.5, 0.6) is 5.75 Å². The first-order valence-electron chi connectivity index (χ1n) is 7.53. The van der Waals surface area contributed by atoms with E-state index in [1.54, 1.807) is 12.1 Å². The molecule has 0 fully saturated rings. The van der Waals surface area contributed by atoms with Gasteiger partial charge < -0.3 is 15.2 Å². The molecule has 1 aromatic carbocycles. The lowest BCUT2D eigenvalue weighted by atomic mass is 10.1. The number of thiazole rings is 1. The summed E-state index contributed by atoms with van der Waals surface area (Å²) in [7, 11) is 0. The van der Waals surface area contributed by atoms with Gasteiger partial charge in [-0.05, 0) is 45.4 Å². The number of carbonyl (C=O) groups is 1. The Hall–Kier alpha value is -1.92. The highest BCUT2D eigenvalue weighted by Gasteiger charge is 2.15. The Kier molecular flexibility index (Phi) is 5.74. The Morgan fingerprint density at radius 3 is 2.48 bits per heavy atom. The summed E-state index contributed by atoms with van der Waals surface area (Å²) in [6.07, 6.45) is -0.655. The molecule has 6 heteroatoms. The van der Waals surface area contributed by atoms with Crippen molar-refractivity contribution < 1.29 is 14.6 Å². The fraction of sp³-hybridized carbons (Fsp3) is 0.412. The number of hydrogen-bond acceptors (Lipinski definition) is 5. The Morgan fingerprint density at radius 2 is 1.96 bits per heavy atom. The summed E-state index contributed by atoms with van der Waals surface area (Å²) in [5.74, 6) is 0.558. The maximum Gasteiger partial charge on any atom is 0.263 e. The number of aromatic nitrogens is 1. The van der Waals surface area contributed by atoms with Crippen LogP contribution in [-0.2, 0) is 0 Å². The highest BCUT2D eigenvalue weighted by Crippen LogP contribution is 2.20. The van der Waals surface area contributed by atoms with Crippen molar-refractivity contribution in [1.29, 1.82) is 0 Å². The summed E-state index contributed by atoms with van der Waals surface area (Å²) < 4.78 is 5.56. The maximum atomic E-state index is 12.1. The average Bonchev–Trinajstić information content (AvgIpc) is 2.83. The number of hydrogen-bond donors (Lipinski definition) is 2. The van der Waals surface area contributed by atoms with Crippen LogP contribution in [0.25, 0.3) is 0 Å². The van der Waals surface area contributed by atoms with Crippen LogP contribution < -0.4 is 10.1 Å². The van der Waals surface area contributed by atoms with Gasteiger partial charge in [0.2, 0.25) is 0 Å². The highest BCUT2D eigenvalue weighted by molar-refractivity contribution is 7.13. The fourth-order valence-electron chi connectivity index (χ4n) is 2.17. The van der Waals surface area contributed by atoms with Gasteiger partial charge in [-0.15, -0.1) is 11.3 Å². The molecule has 23 heavy (non-hydrogen) atoms. The normalized spacial score (nSPS) is 12.3. The molecule has 0 radical (unpaired) electrons. The van der Waals surface area contributed by atoms with Gasteiger partial charge in [-0.1, -0.05) is 12.1 Å². The summed E-state index contributed by atoms with van der Waals surface area (Å²) in [4.78, 5) is 16.9. The monoisotopic (exact) mass is 334 g/mol. The van der Waals surface area contributed by atoms with Crippen molar-refractivity contribution in [1.82, 2.24) is 10.3 Å². The maximum absolute atomic E-state index is 12.1. The standard InChI is InChI=1S/C17H22N2O3S/c1-10(2)22-14-7-5-13(6-8-14)15(20)9-18-17(21)16-11(3)19-12(4)23-16/h5-8,10,15,20H,9H2,1-4H3,(H,18,21). The zero-order valence-corrected chi connectivity index (χ0v) is 14.6. The number of ether oxygens (including phenoxy) is 1. The van der Waals surface area contributed by atoms with Gasteiger partial charge in [0.1, 0.15) is 10.6 Å². The molecule has 0 spiro atoms. The van der Waals surface area contributed by atoms with E-state index in [-0.39, 0.29) is 18.6 Å². The molecule has 1 atom stereocenters. The highest BCUT2D eigenvalue weighted by atomic mass is 32.1. The van der Waals surface area contributed by atoms with Crippen molar-refractivity contribution in [3.63, 3.8) is 0 Å². The van der Waals surface area contributed by atoms with Crippen molar-refractivity contribution in [2.45, 2.75) is 39.9 Å². The van der Waals surface area contributed by atoms with Gasteiger partial charge in [-0.25, -0.2) is 4.98 Å². The van der Waals surface area contributed by atoms with Crippen molar-refractivity contribution in [3.05, 3.63) is 45.4 Å². The lowest BCUT2D eigenvalue weighted by Crippen LogP contribution is -2.28. The molecule has 0 saturated heterocycles. The second kappa shape index (κ2) is 7.57. The number of nitrogens with zero attached hydrogens (tertiary/aromatic N) is 1. The fourth-order valence-corrected chi connectivity index (χ4v) is 3.01. The predicted molar refractivity (Wildman–Crippen MR) is 91.1 cm³/mol. The summed E-state index contributed by atoms with van der Waals surface area (Å²) in [6.45, 7) is 7.74. The van der Waals surface area contributed by atoms with E-state index in [9.17, 15) is 9.90 Å². The molecule has 1 amide bonds. The zero-order valence-electron chi connectivity index (χ0n) is 13.8. The number of aryl methyl sites for hydroxylation is 2. The first-order valence-corrected chi connectivity index (χ1v) is 8.35. The van der Waals surface area contributed by atoms with E-state index in [1.807, 2.05) is 39.8 Å².